The number of carboxylic acids is 1. The summed E-state index contributed by atoms with van der Waals surface area (Å²) in [5.41, 5.74) is 2.42. The molecule has 0 saturated carbocycles. The molecule has 1 aromatic carbocycles. The summed E-state index contributed by atoms with van der Waals surface area (Å²) in [5, 5.41) is 21.1. The molecule has 30 heavy (non-hydrogen) atoms. The molecule has 10 heteroatoms. The van der Waals surface area contributed by atoms with Crippen molar-refractivity contribution in [2.75, 3.05) is 5.75 Å². The predicted molar refractivity (Wildman–Crippen MR) is 109 cm³/mol. The van der Waals surface area contributed by atoms with Gasteiger partial charge in [-0.25, -0.2) is 4.79 Å². The van der Waals surface area contributed by atoms with E-state index in [0.717, 1.165) is 28.2 Å². The Morgan fingerprint density at radius 1 is 1.27 bits per heavy atom. The van der Waals surface area contributed by atoms with Gasteiger partial charge in [0.1, 0.15) is 11.8 Å². The number of para-hydroxylation sites is 1. The minimum absolute atomic E-state index is 0.0519. The van der Waals surface area contributed by atoms with Gasteiger partial charge < -0.3 is 24.2 Å². The van der Waals surface area contributed by atoms with Crippen LogP contribution in [0.3, 0.4) is 0 Å². The lowest BCUT2D eigenvalue weighted by Crippen LogP contribution is -2.43. The average molecular weight is 426 g/mol. The SMILES string of the molecule is Cc1occc1-c1nnc(SCC(=O)N[C@@H](Cc2c[nH]c3ccccc23)C(=O)O)o1. The highest BCUT2D eigenvalue weighted by Gasteiger charge is 2.22. The van der Waals surface area contributed by atoms with E-state index >= 15 is 0 Å². The number of furan rings is 1. The topological polar surface area (TPSA) is 134 Å². The second-order valence-electron chi connectivity index (χ2n) is 6.57. The van der Waals surface area contributed by atoms with Crippen molar-refractivity contribution in [2.45, 2.75) is 24.6 Å². The van der Waals surface area contributed by atoms with Crippen LogP contribution in [0.25, 0.3) is 22.4 Å². The monoisotopic (exact) mass is 426 g/mol. The van der Waals surface area contributed by atoms with E-state index in [9.17, 15) is 14.7 Å². The van der Waals surface area contributed by atoms with E-state index in [1.54, 1.807) is 19.2 Å². The smallest absolute Gasteiger partial charge is 0.326 e. The summed E-state index contributed by atoms with van der Waals surface area (Å²) in [7, 11) is 0. The molecule has 0 unspecified atom stereocenters. The van der Waals surface area contributed by atoms with Gasteiger partial charge in [-0.3, -0.25) is 4.79 Å². The third-order valence-corrected chi connectivity index (χ3v) is 5.37. The zero-order chi connectivity index (χ0) is 21.1. The lowest BCUT2D eigenvalue weighted by atomic mass is 10.1. The van der Waals surface area contributed by atoms with Crippen LogP contribution < -0.4 is 5.32 Å². The van der Waals surface area contributed by atoms with Crippen molar-refractivity contribution in [1.82, 2.24) is 20.5 Å². The lowest BCUT2D eigenvalue weighted by Gasteiger charge is -2.13. The van der Waals surface area contributed by atoms with Crippen molar-refractivity contribution in [3.05, 3.63) is 54.1 Å². The fraction of sp³-hybridized carbons (Fsp3) is 0.200. The van der Waals surface area contributed by atoms with Gasteiger partial charge in [-0.2, -0.15) is 0 Å². The Balaban J connectivity index is 1.36. The highest BCUT2D eigenvalue weighted by atomic mass is 32.2. The summed E-state index contributed by atoms with van der Waals surface area (Å²) < 4.78 is 10.7. The van der Waals surface area contributed by atoms with Gasteiger partial charge in [0.25, 0.3) is 11.1 Å². The first-order chi connectivity index (χ1) is 14.5. The molecule has 0 bridgehead atoms. The Morgan fingerprint density at radius 2 is 2.10 bits per heavy atom. The van der Waals surface area contributed by atoms with Crippen LogP contribution in [0.5, 0.6) is 0 Å². The van der Waals surface area contributed by atoms with Gasteiger partial charge >= 0.3 is 5.97 Å². The molecule has 0 spiro atoms. The summed E-state index contributed by atoms with van der Waals surface area (Å²) in [4.78, 5) is 27.1. The molecular formula is C20H18N4O5S. The number of carbonyl (C=O) groups excluding carboxylic acids is 1. The highest BCUT2D eigenvalue weighted by molar-refractivity contribution is 7.99. The zero-order valence-corrected chi connectivity index (χ0v) is 16.7. The number of hydrogen-bond acceptors (Lipinski definition) is 7. The number of aromatic nitrogens is 3. The molecule has 1 amide bonds. The van der Waals surface area contributed by atoms with Crippen molar-refractivity contribution in [2.24, 2.45) is 0 Å². The van der Waals surface area contributed by atoms with Crippen molar-refractivity contribution in [3.63, 3.8) is 0 Å². The number of aromatic amines is 1. The minimum atomic E-state index is -1.10. The predicted octanol–water partition coefficient (Wildman–Crippen LogP) is 3.02. The van der Waals surface area contributed by atoms with Crippen molar-refractivity contribution >= 4 is 34.5 Å². The van der Waals surface area contributed by atoms with Gasteiger partial charge in [-0.1, -0.05) is 30.0 Å². The number of amides is 1. The third-order valence-electron chi connectivity index (χ3n) is 4.55. The normalized spacial score (nSPS) is 12.2. The first-order valence-electron chi connectivity index (χ1n) is 9.09. The average Bonchev–Trinajstić information content (AvgIpc) is 3.46. The molecule has 154 valence electrons. The van der Waals surface area contributed by atoms with Crippen LogP contribution in [-0.2, 0) is 16.0 Å². The minimum Gasteiger partial charge on any atom is -0.480 e. The van der Waals surface area contributed by atoms with Crippen molar-refractivity contribution < 1.29 is 23.5 Å². The molecule has 3 N–H and O–H groups in total. The number of nitrogens with one attached hydrogen (secondary N) is 2. The van der Waals surface area contributed by atoms with Crippen LogP contribution in [-0.4, -0.2) is 44.0 Å². The second-order valence-corrected chi connectivity index (χ2v) is 7.50. The Kier molecular flexibility index (Phi) is 5.57. The maximum absolute atomic E-state index is 12.3. The fourth-order valence-corrected chi connectivity index (χ4v) is 3.64. The summed E-state index contributed by atoms with van der Waals surface area (Å²) >= 11 is 1.03. The fourth-order valence-electron chi connectivity index (χ4n) is 3.07. The maximum atomic E-state index is 12.3. The van der Waals surface area contributed by atoms with Crippen LogP contribution in [0, 0.1) is 6.92 Å². The summed E-state index contributed by atoms with van der Waals surface area (Å²) in [6.45, 7) is 1.78. The maximum Gasteiger partial charge on any atom is 0.326 e. The number of carboxylic acid groups (broad SMARTS) is 1. The van der Waals surface area contributed by atoms with Crippen LogP contribution in [0.2, 0.25) is 0 Å². The quantitative estimate of drug-likeness (QED) is 0.366. The van der Waals surface area contributed by atoms with E-state index in [-0.39, 0.29) is 17.4 Å². The van der Waals surface area contributed by atoms with E-state index in [2.05, 4.69) is 20.5 Å². The second kappa shape index (κ2) is 8.46. The Morgan fingerprint density at radius 3 is 2.87 bits per heavy atom. The number of fused-ring (bicyclic) bond motifs is 1. The molecule has 1 atom stereocenters. The largest absolute Gasteiger partial charge is 0.480 e. The molecule has 0 aliphatic rings. The zero-order valence-electron chi connectivity index (χ0n) is 15.9. The number of carbonyl (C=O) groups is 2. The van der Waals surface area contributed by atoms with Crippen LogP contribution >= 0.6 is 11.8 Å². The molecule has 0 aliphatic carbocycles. The van der Waals surface area contributed by atoms with E-state index in [0.29, 0.717) is 17.2 Å². The molecule has 4 rings (SSSR count). The molecule has 4 aromatic rings. The molecule has 0 fully saturated rings. The van der Waals surface area contributed by atoms with E-state index in [1.165, 1.54) is 6.26 Å². The van der Waals surface area contributed by atoms with Crippen LogP contribution in [0.4, 0.5) is 0 Å². The lowest BCUT2D eigenvalue weighted by molar-refractivity contribution is -0.141. The van der Waals surface area contributed by atoms with Gasteiger partial charge in [-0.05, 0) is 24.6 Å². The van der Waals surface area contributed by atoms with Gasteiger partial charge in [0.05, 0.1) is 17.6 Å². The Bertz CT molecular complexity index is 1190. The molecule has 3 aromatic heterocycles. The van der Waals surface area contributed by atoms with Crippen molar-refractivity contribution in [3.8, 4) is 11.5 Å². The number of thioether (sulfide) groups is 1. The number of H-pyrrole nitrogens is 1. The highest BCUT2D eigenvalue weighted by Crippen LogP contribution is 2.26. The first kappa shape index (κ1) is 19.8. The summed E-state index contributed by atoms with van der Waals surface area (Å²) in [6.07, 6.45) is 3.45. The molecular weight excluding hydrogens is 408 g/mol. The molecule has 0 radical (unpaired) electrons. The number of aryl methyl sites for hydroxylation is 1. The number of aliphatic carboxylic acids is 1. The molecule has 0 aliphatic heterocycles. The standard InChI is InChI=1S/C20H18N4O5S/c1-11-13(6-7-28-11)18-23-24-20(29-18)30-10-17(25)22-16(19(26)27)8-12-9-21-15-5-3-2-4-14(12)15/h2-7,9,16,21H,8,10H2,1H3,(H,22,25)(H,26,27)/t16-/m0/s1. The Labute approximate surface area is 174 Å². The van der Waals surface area contributed by atoms with Gasteiger partial charge in [0.2, 0.25) is 5.91 Å². The summed E-state index contributed by atoms with van der Waals surface area (Å²) in [6, 6.07) is 8.26. The number of benzene rings is 1. The molecule has 3 heterocycles. The molecule has 0 saturated heterocycles. The first-order valence-corrected chi connectivity index (χ1v) is 10.1. The van der Waals surface area contributed by atoms with Crippen LogP contribution in [0.15, 0.2) is 56.8 Å². The number of hydrogen-bond donors (Lipinski definition) is 3. The molecule has 9 nitrogen and oxygen atoms in total. The van der Waals surface area contributed by atoms with Gasteiger partial charge in [0, 0.05) is 23.5 Å². The third kappa shape index (κ3) is 4.23. The summed E-state index contributed by atoms with van der Waals surface area (Å²) in [5.74, 6) is -0.647. The van der Waals surface area contributed by atoms with E-state index in [1.807, 2.05) is 24.3 Å². The Hall–Kier alpha value is -3.53. The number of rotatable bonds is 8. The van der Waals surface area contributed by atoms with Gasteiger partial charge in [0.15, 0.2) is 0 Å². The van der Waals surface area contributed by atoms with Gasteiger partial charge in [-0.15, -0.1) is 10.2 Å². The van der Waals surface area contributed by atoms with E-state index < -0.39 is 17.9 Å². The van der Waals surface area contributed by atoms with Crippen molar-refractivity contribution in [1.29, 1.82) is 0 Å². The van der Waals surface area contributed by atoms with Crippen LogP contribution in [0.1, 0.15) is 11.3 Å². The number of nitrogens with zero attached hydrogens (tertiary/aromatic N) is 2. The van der Waals surface area contributed by atoms with E-state index in [4.69, 9.17) is 8.83 Å².